The summed E-state index contributed by atoms with van der Waals surface area (Å²) in [6, 6.07) is 2.78. The molecule has 2 aromatic rings. The Hall–Kier alpha value is -3.83. The average molecular weight is 394 g/mol. The molecule has 0 aliphatic heterocycles. The third-order valence-corrected chi connectivity index (χ3v) is 2.85. The molecule has 0 fully saturated rings. The molecule has 2 heterocycles. The summed E-state index contributed by atoms with van der Waals surface area (Å²) in [6.07, 6.45) is 2.51. The molecule has 149 valence electrons. The Morgan fingerprint density at radius 1 is 0.929 bits per heavy atom. The number of pyridine rings is 2. The fraction of sp³-hybridized carbons (Fsp3) is 0.188. The highest BCUT2D eigenvalue weighted by molar-refractivity contribution is 5.91. The van der Waals surface area contributed by atoms with E-state index >= 15 is 0 Å². The second-order valence-corrected chi connectivity index (χ2v) is 4.61. The Morgan fingerprint density at radius 2 is 1.39 bits per heavy atom. The lowest BCUT2D eigenvalue weighted by molar-refractivity contribution is -0.132. The Kier molecular flexibility index (Phi) is 9.50. The van der Waals surface area contributed by atoms with E-state index in [9.17, 15) is 19.5 Å². The number of carbonyl (C=O) groups excluding carboxylic acids is 1. The van der Waals surface area contributed by atoms with Crippen LogP contribution in [-0.2, 0) is 4.79 Å². The van der Waals surface area contributed by atoms with Crippen LogP contribution in [0.4, 0.5) is 0 Å². The number of rotatable bonds is 5. The normalized spacial score (nSPS) is 9.11. The van der Waals surface area contributed by atoms with Crippen LogP contribution in [0.2, 0.25) is 0 Å². The fourth-order valence-electron chi connectivity index (χ4n) is 1.74. The smallest absolute Gasteiger partial charge is 0.358 e. The Balaban J connectivity index is 0. The minimum Gasteiger partial charge on any atom is -0.503 e. The largest absolute Gasteiger partial charge is 0.503 e. The van der Waals surface area contributed by atoms with Crippen molar-refractivity contribution >= 4 is 26.3 Å². The van der Waals surface area contributed by atoms with Crippen molar-refractivity contribution in [2.75, 3.05) is 14.2 Å². The molecule has 0 saturated heterocycles. The zero-order valence-electron chi connectivity index (χ0n) is 15.1. The van der Waals surface area contributed by atoms with Gasteiger partial charge in [0.25, 0.3) is 0 Å². The molecule has 11 nitrogen and oxygen atoms in total. The van der Waals surface area contributed by atoms with Crippen molar-refractivity contribution in [2.45, 2.75) is 6.92 Å². The number of aromatic carboxylic acids is 2. The summed E-state index contributed by atoms with van der Waals surface area (Å²) in [7, 11) is 2.68. The van der Waals surface area contributed by atoms with Crippen LogP contribution in [0.25, 0.3) is 0 Å². The highest BCUT2D eigenvalue weighted by Crippen LogP contribution is 2.29. The number of ether oxygens (including phenoxy) is 3. The number of carbonyl (C=O) groups is 3. The molecule has 2 aromatic heterocycles. The van der Waals surface area contributed by atoms with Crippen LogP contribution in [0.15, 0.2) is 24.5 Å². The lowest BCUT2D eigenvalue weighted by Gasteiger charge is -2.08. The number of methoxy groups -OCH3 is 2. The molecule has 0 aliphatic carbocycles. The predicted octanol–water partition coefficient (Wildman–Crippen LogP) is 1.07. The molecular formula is C16H18BN2O9. The fourth-order valence-corrected chi connectivity index (χ4v) is 1.74. The van der Waals surface area contributed by atoms with Crippen molar-refractivity contribution in [3.63, 3.8) is 0 Å². The summed E-state index contributed by atoms with van der Waals surface area (Å²) in [5, 5.41) is 26.5. The molecular weight excluding hydrogens is 375 g/mol. The van der Waals surface area contributed by atoms with Crippen LogP contribution >= 0.6 is 0 Å². The average Bonchev–Trinajstić information content (AvgIpc) is 2.61. The van der Waals surface area contributed by atoms with Gasteiger partial charge in [-0.3, -0.25) is 4.79 Å². The molecule has 0 bridgehead atoms. The van der Waals surface area contributed by atoms with E-state index in [2.05, 4.69) is 14.7 Å². The highest BCUT2D eigenvalue weighted by Gasteiger charge is 2.19. The molecule has 0 atom stereocenters. The van der Waals surface area contributed by atoms with Crippen molar-refractivity contribution in [1.29, 1.82) is 0 Å². The van der Waals surface area contributed by atoms with Gasteiger partial charge in [-0.1, -0.05) is 0 Å². The second-order valence-electron chi connectivity index (χ2n) is 4.61. The van der Waals surface area contributed by atoms with Crippen LogP contribution in [0.3, 0.4) is 0 Å². The van der Waals surface area contributed by atoms with Gasteiger partial charge in [-0.15, -0.1) is 0 Å². The maximum atomic E-state index is 10.8. The van der Waals surface area contributed by atoms with Gasteiger partial charge < -0.3 is 29.5 Å². The summed E-state index contributed by atoms with van der Waals surface area (Å²) in [5.74, 6) is -3.59. The lowest BCUT2D eigenvalue weighted by atomic mass is 10.3. The molecule has 0 spiro atoms. The number of aromatic hydroxyl groups is 1. The second kappa shape index (κ2) is 11.0. The first-order valence-corrected chi connectivity index (χ1v) is 7.12. The van der Waals surface area contributed by atoms with Crippen molar-refractivity contribution in [3.05, 3.63) is 35.9 Å². The van der Waals surface area contributed by atoms with E-state index in [-0.39, 0.29) is 32.8 Å². The molecule has 3 radical (unpaired) electrons. The van der Waals surface area contributed by atoms with Gasteiger partial charge in [-0.25, -0.2) is 19.6 Å². The zero-order chi connectivity index (χ0) is 20.6. The first-order chi connectivity index (χ1) is 12.7. The van der Waals surface area contributed by atoms with Crippen LogP contribution in [-0.4, -0.2) is 65.8 Å². The van der Waals surface area contributed by atoms with Gasteiger partial charge in [0.05, 0.1) is 14.2 Å². The SMILES string of the molecule is COc1ccnc(C(=O)O)c1O.COc1ccnc(C(=O)O)c1OC(C)=O.[2HH].[B]. The predicted molar refractivity (Wildman–Crippen MR) is 96.3 cm³/mol. The van der Waals surface area contributed by atoms with Gasteiger partial charge in [0.1, 0.15) is 0 Å². The minimum absolute atomic E-state index is 0. The van der Waals surface area contributed by atoms with E-state index in [0.717, 1.165) is 6.92 Å². The van der Waals surface area contributed by atoms with Crippen LogP contribution in [0.1, 0.15) is 29.3 Å². The van der Waals surface area contributed by atoms with E-state index < -0.39 is 29.4 Å². The van der Waals surface area contributed by atoms with Crippen LogP contribution in [0.5, 0.6) is 23.0 Å². The van der Waals surface area contributed by atoms with Crippen molar-refractivity contribution < 1.29 is 45.3 Å². The highest BCUT2D eigenvalue weighted by atomic mass is 16.6. The number of hydrogen-bond donors (Lipinski definition) is 3. The summed E-state index contributed by atoms with van der Waals surface area (Å²) in [5.41, 5.74) is -0.765. The first kappa shape index (κ1) is 24.2. The number of hydrogen-bond acceptors (Lipinski definition) is 9. The summed E-state index contributed by atoms with van der Waals surface area (Å²) < 4.78 is 14.3. The molecule has 0 aromatic carbocycles. The van der Waals surface area contributed by atoms with E-state index in [0.29, 0.717) is 0 Å². The van der Waals surface area contributed by atoms with E-state index in [4.69, 9.17) is 19.7 Å². The quantitative estimate of drug-likeness (QED) is 0.490. The molecule has 3 N–H and O–H groups in total. The maximum absolute atomic E-state index is 10.8. The first-order valence-electron chi connectivity index (χ1n) is 7.12. The van der Waals surface area contributed by atoms with Crippen molar-refractivity contribution in [1.82, 2.24) is 9.97 Å². The molecule has 0 amide bonds. The number of aromatic nitrogens is 2. The van der Waals surface area contributed by atoms with Crippen molar-refractivity contribution in [3.8, 4) is 23.0 Å². The van der Waals surface area contributed by atoms with Gasteiger partial charge in [0.2, 0.25) is 5.75 Å². The van der Waals surface area contributed by atoms with Gasteiger partial charge in [0.15, 0.2) is 28.6 Å². The molecule has 0 aliphatic rings. The van der Waals surface area contributed by atoms with Gasteiger partial charge >= 0.3 is 17.9 Å². The molecule has 12 heteroatoms. The monoisotopic (exact) mass is 394 g/mol. The number of carboxylic acids is 2. The Bertz CT molecular complexity index is 864. The summed E-state index contributed by atoms with van der Waals surface area (Å²) in [4.78, 5) is 39.0. The van der Waals surface area contributed by atoms with Crippen LogP contribution in [0, 0.1) is 0 Å². The number of esters is 1. The van der Waals surface area contributed by atoms with Gasteiger partial charge in [-0.2, -0.15) is 0 Å². The number of nitrogens with zero attached hydrogens (tertiary/aromatic N) is 2. The molecule has 0 saturated carbocycles. The third-order valence-electron chi connectivity index (χ3n) is 2.85. The molecule has 0 unspecified atom stereocenters. The van der Waals surface area contributed by atoms with Crippen LogP contribution < -0.4 is 14.2 Å². The van der Waals surface area contributed by atoms with Gasteiger partial charge in [0, 0.05) is 41.3 Å². The standard InChI is InChI=1S/C9H9NO5.C7H7NO4.B.H2/c1-5(11)15-8-6(14-2)3-4-10-7(8)9(12)13;1-12-4-2-3-8-5(6(4)9)7(10)11;;/h3-4H,1-2H3,(H,12,13);2-3,9H,1H3,(H,10,11);;1H/i;;;1+1. The zero-order valence-corrected chi connectivity index (χ0v) is 15.1. The third kappa shape index (κ3) is 6.16. The summed E-state index contributed by atoms with van der Waals surface area (Å²) >= 11 is 0. The minimum atomic E-state index is -1.29. The molecule has 2 rings (SSSR count). The Labute approximate surface area is 162 Å². The maximum Gasteiger partial charge on any atom is 0.358 e. The van der Waals surface area contributed by atoms with E-state index in [1.807, 2.05) is 0 Å². The lowest BCUT2D eigenvalue weighted by Crippen LogP contribution is -2.10. The van der Waals surface area contributed by atoms with Gasteiger partial charge in [-0.05, 0) is 0 Å². The van der Waals surface area contributed by atoms with E-state index in [1.165, 1.54) is 38.7 Å². The Morgan fingerprint density at radius 3 is 1.82 bits per heavy atom. The topological polar surface area (TPSA) is 165 Å². The number of carboxylic acid groups (broad SMARTS) is 2. The molecule has 28 heavy (non-hydrogen) atoms. The van der Waals surface area contributed by atoms with E-state index in [1.54, 1.807) is 0 Å². The summed E-state index contributed by atoms with van der Waals surface area (Å²) in [6.45, 7) is 1.16. The van der Waals surface area contributed by atoms with Crippen molar-refractivity contribution in [2.24, 2.45) is 0 Å².